The Hall–Kier alpha value is -1.59. The predicted octanol–water partition coefficient (Wildman–Crippen LogP) is 4.17. The summed E-state index contributed by atoms with van der Waals surface area (Å²) < 4.78 is 0. The van der Waals surface area contributed by atoms with Gasteiger partial charge in [-0.2, -0.15) is 0 Å². The van der Waals surface area contributed by atoms with Gasteiger partial charge in [0.1, 0.15) is 5.69 Å². The number of thiazole rings is 1. The molecule has 1 saturated heterocycles. The van der Waals surface area contributed by atoms with Gasteiger partial charge >= 0.3 is 0 Å². The van der Waals surface area contributed by atoms with E-state index in [0.29, 0.717) is 15.8 Å². The molecule has 0 aliphatic carbocycles. The number of aromatic nitrogens is 1. The number of carbonyl (C=O) groups excluding carboxylic acids is 1. The van der Waals surface area contributed by atoms with E-state index < -0.39 is 0 Å². The number of likely N-dealkylation sites (tertiary alicyclic amines) is 1. The molecule has 0 unspecified atom stereocenters. The summed E-state index contributed by atoms with van der Waals surface area (Å²) in [6, 6.07) is 7.48. The van der Waals surface area contributed by atoms with Crippen LogP contribution in [0.4, 0.5) is 10.8 Å². The maximum Gasteiger partial charge on any atom is 0.273 e. The summed E-state index contributed by atoms with van der Waals surface area (Å²) in [4.78, 5) is 18.6. The average Bonchev–Trinajstić information content (AvgIpc) is 2.98. The minimum atomic E-state index is 0.0261. The van der Waals surface area contributed by atoms with E-state index in [1.807, 2.05) is 29.2 Å². The van der Waals surface area contributed by atoms with E-state index in [-0.39, 0.29) is 5.91 Å². The summed E-state index contributed by atoms with van der Waals surface area (Å²) in [7, 11) is 0. The number of amides is 1. The van der Waals surface area contributed by atoms with Crippen LogP contribution in [0.3, 0.4) is 0 Å². The molecule has 2 aromatic rings. The molecule has 4 nitrogen and oxygen atoms in total. The van der Waals surface area contributed by atoms with Crippen LogP contribution in [0.5, 0.6) is 0 Å². The SMILES string of the molecule is O=C(c1csc(Nc2ccccc2Cl)n1)N1CCCCC1. The van der Waals surface area contributed by atoms with Crippen molar-refractivity contribution in [3.8, 4) is 0 Å². The molecule has 0 spiro atoms. The van der Waals surface area contributed by atoms with Crippen molar-refractivity contribution in [2.24, 2.45) is 0 Å². The lowest BCUT2D eigenvalue weighted by Gasteiger charge is -2.25. The molecule has 1 aromatic carbocycles. The second kappa shape index (κ2) is 6.45. The lowest BCUT2D eigenvalue weighted by atomic mass is 10.1. The van der Waals surface area contributed by atoms with Gasteiger partial charge in [0.2, 0.25) is 0 Å². The molecule has 1 aromatic heterocycles. The van der Waals surface area contributed by atoms with Gasteiger partial charge in [-0.05, 0) is 31.4 Å². The van der Waals surface area contributed by atoms with Crippen LogP contribution in [-0.4, -0.2) is 28.9 Å². The highest BCUT2D eigenvalue weighted by atomic mass is 35.5. The zero-order valence-electron chi connectivity index (χ0n) is 11.5. The maximum absolute atomic E-state index is 12.3. The third kappa shape index (κ3) is 3.36. The number of rotatable bonds is 3. The number of hydrogen-bond acceptors (Lipinski definition) is 4. The van der Waals surface area contributed by atoms with Gasteiger partial charge in [-0.1, -0.05) is 23.7 Å². The third-order valence-electron chi connectivity index (χ3n) is 3.48. The summed E-state index contributed by atoms with van der Waals surface area (Å²) in [6.45, 7) is 1.67. The molecule has 0 radical (unpaired) electrons. The first kappa shape index (κ1) is 14.4. The van der Waals surface area contributed by atoms with Crippen LogP contribution in [0.25, 0.3) is 0 Å². The highest BCUT2D eigenvalue weighted by Gasteiger charge is 2.20. The molecular weight excluding hydrogens is 306 g/mol. The Morgan fingerprint density at radius 2 is 2.00 bits per heavy atom. The number of nitrogens with one attached hydrogen (secondary N) is 1. The quantitative estimate of drug-likeness (QED) is 0.923. The summed E-state index contributed by atoms with van der Waals surface area (Å²) in [5, 5.41) is 6.28. The minimum Gasteiger partial charge on any atom is -0.337 e. The lowest BCUT2D eigenvalue weighted by molar-refractivity contribution is 0.0719. The van der Waals surface area contributed by atoms with Crippen LogP contribution in [0.1, 0.15) is 29.8 Å². The summed E-state index contributed by atoms with van der Waals surface area (Å²) in [5.41, 5.74) is 1.31. The van der Waals surface area contributed by atoms with Gasteiger partial charge in [-0.3, -0.25) is 4.79 Å². The Balaban J connectivity index is 1.71. The third-order valence-corrected chi connectivity index (χ3v) is 4.57. The van der Waals surface area contributed by atoms with E-state index >= 15 is 0 Å². The number of piperidine rings is 1. The van der Waals surface area contributed by atoms with Gasteiger partial charge < -0.3 is 10.2 Å². The number of anilines is 2. The topological polar surface area (TPSA) is 45.2 Å². The first-order valence-electron chi connectivity index (χ1n) is 7.00. The number of carbonyl (C=O) groups is 1. The van der Waals surface area contributed by atoms with Gasteiger partial charge in [0.15, 0.2) is 5.13 Å². The van der Waals surface area contributed by atoms with Crippen molar-refractivity contribution in [3.05, 3.63) is 40.4 Å². The minimum absolute atomic E-state index is 0.0261. The lowest BCUT2D eigenvalue weighted by Crippen LogP contribution is -2.35. The fourth-order valence-corrected chi connectivity index (χ4v) is 3.25. The Morgan fingerprint density at radius 1 is 1.24 bits per heavy atom. The van der Waals surface area contributed by atoms with Crippen molar-refractivity contribution in [3.63, 3.8) is 0 Å². The largest absolute Gasteiger partial charge is 0.337 e. The fourth-order valence-electron chi connectivity index (χ4n) is 2.37. The molecule has 0 bridgehead atoms. The molecule has 2 heterocycles. The molecular formula is C15H16ClN3OS. The van der Waals surface area contributed by atoms with E-state index in [2.05, 4.69) is 10.3 Å². The first-order valence-corrected chi connectivity index (χ1v) is 8.26. The number of nitrogens with zero attached hydrogens (tertiary/aromatic N) is 2. The highest BCUT2D eigenvalue weighted by Crippen LogP contribution is 2.27. The molecule has 0 atom stereocenters. The van der Waals surface area contributed by atoms with Crippen LogP contribution in [0, 0.1) is 0 Å². The van der Waals surface area contributed by atoms with E-state index in [1.165, 1.54) is 17.8 Å². The molecule has 1 amide bonds. The smallest absolute Gasteiger partial charge is 0.273 e. The number of halogens is 1. The molecule has 3 rings (SSSR count). The normalized spacial score (nSPS) is 15.0. The van der Waals surface area contributed by atoms with Gasteiger partial charge in [0, 0.05) is 18.5 Å². The van der Waals surface area contributed by atoms with Crippen molar-refractivity contribution in [1.82, 2.24) is 9.88 Å². The number of benzene rings is 1. The van der Waals surface area contributed by atoms with Gasteiger partial charge in [0.05, 0.1) is 10.7 Å². The monoisotopic (exact) mass is 321 g/mol. The zero-order chi connectivity index (χ0) is 14.7. The fraction of sp³-hybridized carbons (Fsp3) is 0.333. The summed E-state index contributed by atoms with van der Waals surface area (Å²) in [5.74, 6) is 0.0261. The number of para-hydroxylation sites is 1. The maximum atomic E-state index is 12.3. The van der Waals surface area contributed by atoms with Crippen molar-refractivity contribution in [2.75, 3.05) is 18.4 Å². The molecule has 0 saturated carbocycles. The molecule has 6 heteroatoms. The van der Waals surface area contributed by atoms with E-state index in [0.717, 1.165) is 31.6 Å². The van der Waals surface area contributed by atoms with E-state index in [9.17, 15) is 4.79 Å². The summed E-state index contributed by atoms with van der Waals surface area (Å²) >= 11 is 7.52. The second-order valence-electron chi connectivity index (χ2n) is 5.00. The van der Waals surface area contributed by atoms with Crippen LogP contribution < -0.4 is 5.32 Å². The van der Waals surface area contributed by atoms with E-state index in [4.69, 9.17) is 11.6 Å². The van der Waals surface area contributed by atoms with Gasteiger partial charge in [-0.25, -0.2) is 4.98 Å². The molecule has 110 valence electrons. The molecule has 1 aliphatic rings. The zero-order valence-corrected chi connectivity index (χ0v) is 13.1. The van der Waals surface area contributed by atoms with Crippen molar-refractivity contribution >= 4 is 39.7 Å². The van der Waals surface area contributed by atoms with Crippen LogP contribution >= 0.6 is 22.9 Å². The first-order chi connectivity index (χ1) is 10.2. The van der Waals surface area contributed by atoms with Gasteiger partial charge in [0.25, 0.3) is 5.91 Å². The van der Waals surface area contributed by atoms with Crippen molar-refractivity contribution in [1.29, 1.82) is 0 Å². The molecule has 1 aliphatic heterocycles. The van der Waals surface area contributed by atoms with E-state index in [1.54, 1.807) is 5.38 Å². The van der Waals surface area contributed by atoms with Gasteiger partial charge in [-0.15, -0.1) is 11.3 Å². The van der Waals surface area contributed by atoms with Crippen LogP contribution in [0.2, 0.25) is 5.02 Å². The highest BCUT2D eigenvalue weighted by molar-refractivity contribution is 7.14. The van der Waals surface area contributed by atoms with Crippen LogP contribution in [-0.2, 0) is 0 Å². The standard InChI is InChI=1S/C15H16ClN3OS/c16-11-6-2-3-7-12(11)17-15-18-13(10-21-15)14(20)19-8-4-1-5-9-19/h2-3,6-7,10H,1,4-5,8-9H2,(H,17,18). The van der Waals surface area contributed by atoms with Crippen molar-refractivity contribution in [2.45, 2.75) is 19.3 Å². The Kier molecular flexibility index (Phi) is 4.41. The molecule has 1 N–H and O–H groups in total. The molecule has 21 heavy (non-hydrogen) atoms. The summed E-state index contributed by atoms with van der Waals surface area (Å²) in [6.07, 6.45) is 3.38. The Bertz CT molecular complexity index is 637. The Labute approximate surface area is 132 Å². The second-order valence-corrected chi connectivity index (χ2v) is 6.26. The van der Waals surface area contributed by atoms with Crippen LogP contribution in [0.15, 0.2) is 29.6 Å². The van der Waals surface area contributed by atoms with Crippen molar-refractivity contribution < 1.29 is 4.79 Å². The average molecular weight is 322 g/mol. The predicted molar refractivity (Wildman–Crippen MR) is 86.6 cm³/mol. The number of hydrogen-bond donors (Lipinski definition) is 1. The molecule has 1 fully saturated rings. The Morgan fingerprint density at radius 3 is 2.76 bits per heavy atom.